The Hall–Kier alpha value is -2.45. The zero-order valence-corrected chi connectivity index (χ0v) is 13.9. The van der Waals surface area contributed by atoms with Crippen LogP contribution in [0.25, 0.3) is 0 Å². The molecule has 3 rings (SSSR count). The SMILES string of the molecule is Cc1cccc(OCC2(CNC(=O)c3ccno3)CC(O)C(O)C2)n1. The summed E-state index contributed by atoms with van der Waals surface area (Å²) in [4.78, 5) is 16.3. The number of pyridine rings is 1. The first-order valence-electron chi connectivity index (χ1n) is 8.09. The zero-order chi connectivity index (χ0) is 17.9. The van der Waals surface area contributed by atoms with Crippen LogP contribution in [0.1, 0.15) is 29.1 Å². The van der Waals surface area contributed by atoms with Gasteiger partial charge in [0, 0.05) is 29.8 Å². The van der Waals surface area contributed by atoms with Crippen molar-refractivity contribution in [3.8, 4) is 5.88 Å². The molecule has 8 heteroatoms. The van der Waals surface area contributed by atoms with Gasteiger partial charge in [-0.2, -0.15) is 0 Å². The van der Waals surface area contributed by atoms with Gasteiger partial charge in [-0.25, -0.2) is 4.98 Å². The minimum atomic E-state index is -0.851. The Bertz CT molecular complexity index is 709. The van der Waals surface area contributed by atoms with Gasteiger partial charge in [-0.15, -0.1) is 0 Å². The van der Waals surface area contributed by atoms with E-state index in [9.17, 15) is 15.0 Å². The van der Waals surface area contributed by atoms with Crippen LogP contribution in [-0.4, -0.2) is 51.6 Å². The summed E-state index contributed by atoms with van der Waals surface area (Å²) < 4.78 is 10.6. The van der Waals surface area contributed by atoms with Gasteiger partial charge in [0.05, 0.1) is 25.0 Å². The molecule has 1 fully saturated rings. The predicted octanol–water partition coefficient (Wildman–Crippen LogP) is 0.689. The molecular formula is C17H21N3O5. The quantitative estimate of drug-likeness (QED) is 0.703. The first kappa shape index (κ1) is 17.4. The summed E-state index contributed by atoms with van der Waals surface area (Å²) in [5.41, 5.74) is 0.233. The first-order chi connectivity index (χ1) is 12.0. The topological polar surface area (TPSA) is 118 Å². The van der Waals surface area contributed by atoms with Crippen LogP contribution in [0.15, 0.2) is 35.0 Å². The van der Waals surface area contributed by atoms with Crippen molar-refractivity contribution in [1.82, 2.24) is 15.5 Å². The molecule has 3 N–H and O–H groups in total. The van der Waals surface area contributed by atoms with Crippen LogP contribution in [0.3, 0.4) is 0 Å². The number of nitrogens with zero attached hydrogens (tertiary/aromatic N) is 2. The average Bonchev–Trinajstić information content (AvgIpc) is 3.21. The van der Waals surface area contributed by atoms with Gasteiger partial charge in [-0.1, -0.05) is 11.2 Å². The molecule has 0 aliphatic heterocycles. The molecule has 2 atom stereocenters. The number of aryl methyl sites for hydroxylation is 1. The molecule has 0 aromatic carbocycles. The molecule has 2 unspecified atom stereocenters. The highest BCUT2D eigenvalue weighted by Gasteiger charge is 2.45. The number of carbonyl (C=O) groups excluding carboxylic acids is 1. The molecular weight excluding hydrogens is 326 g/mol. The molecule has 134 valence electrons. The number of aliphatic hydroxyl groups is 2. The number of ether oxygens (including phenoxy) is 1. The fraction of sp³-hybridized carbons (Fsp3) is 0.471. The van der Waals surface area contributed by atoms with Crippen LogP contribution < -0.4 is 10.1 Å². The molecule has 1 saturated carbocycles. The highest BCUT2D eigenvalue weighted by atomic mass is 16.5. The van der Waals surface area contributed by atoms with Gasteiger partial charge in [0.1, 0.15) is 0 Å². The molecule has 1 aliphatic carbocycles. The third-order valence-corrected chi connectivity index (χ3v) is 4.40. The summed E-state index contributed by atoms with van der Waals surface area (Å²) in [5, 5.41) is 26.2. The lowest BCUT2D eigenvalue weighted by atomic mass is 9.86. The molecule has 25 heavy (non-hydrogen) atoms. The lowest BCUT2D eigenvalue weighted by Gasteiger charge is -2.28. The summed E-state index contributed by atoms with van der Waals surface area (Å²) in [6, 6.07) is 6.92. The van der Waals surface area contributed by atoms with E-state index in [0.717, 1.165) is 5.69 Å². The highest BCUT2D eigenvalue weighted by Crippen LogP contribution is 2.38. The number of aliphatic hydroxyl groups excluding tert-OH is 2. The Morgan fingerprint density at radius 1 is 1.36 bits per heavy atom. The lowest BCUT2D eigenvalue weighted by molar-refractivity contribution is 0.0438. The van der Waals surface area contributed by atoms with E-state index < -0.39 is 23.5 Å². The van der Waals surface area contributed by atoms with E-state index in [2.05, 4.69) is 15.5 Å². The Labute approximate surface area is 144 Å². The van der Waals surface area contributed by atoms with E-state index >= 15 is 0 Å². The predicted molar refractivity (Wildman–Crippen MR) is 87.0 cm³/mol. The number of amides is 1. The fourth-order valence-electron chi connectivity index (χ4n) is 3.07. The third kappa shape index (κ3) is 4.15. The zero-order valence-electron chi connectivity index (χ0n) is 13.9. The third-order valence-electron chi connectivity index (χ3n) is 4.40. The van der Waals surface area contributed by atoms with Crippen molar-refractivity contribution in [1.29, 1.82) is 0 Å². The van der Waals surface area contributed by atoms with Crippen LogP contribution in [0.4, 0.5) is 0 Å². The molecule has 0 bridgehead atoms. The van der Waals surface area contributed by atoms with Gasteiger partial charge in [0.15, 0.2) is 0 Å². The maximum Gasteiger partial charge on any atom is 0.289 e. The van der Waals surface area contributed by atoms with E-state index in [0.29, 0.717) is 18.7 Å². The summed E-state index contributed by atoms with van der Waals surface area (Å²) >= 11 is 0. The van der Waals surface area contributed by atoms with Crippen LogP contribution in [0.2, 0.25) is 0 Å². The first-order valence-corrected chi connectivity index (χ1v) is 8.09. The number of hydrogen-bond acceptors (Lipinski definition) is 7. The van der Waals surface area contributed by atoms with Crippen molar-refractivity contribution in [3.05, 3.63) is 41.9 Å². The number of nitrogens with one attached hydrogen (secondary N) is 1. The van der Waals surface area contributed by atoms with Crippen LogP contribution >= 0.6 is 0 Å². The van der Waals surface area contributed by atoms with Crippen molar-refractivity contribution < 1.29 is 24.3 Å². The van der Waals surface area contributed by atoms with E-state index in [4.69, 9.17) is 9.26 Å². The monoisotopic (exact) mass is 347 g/mol. The molecule has 2 aromatic rings. The highest BCUT2D eigenvalue weighted by molar-refractivity contribution is 5.91. The minimum absolute atomic E-state index is 0.107. The van der Waals surface area contributed by atoms with Gasteiger partial charge >= 0.3 is 0 Å². The second-order valence-electron chi connectivity index (χ2n) is 6.51. The van der Waals surface area contributed by atoms with E-state index in [1.165, 1.54) is 12.3 Å². The Morgan fingerprint density at radius 3 is 2.76 bits per heavy atom. The van der Waals surface area contributed by atoms with Gasteiger partial charge in [0.25, 0.3) is 5.91 Å². The van der Waals surface area contributed by atoms with E-state index in [1.807, 2.05) is 19.1 Å². The van der Waals surface area contributed by atoms with Crippen LogP contribution in [-0.2, 0) is 0 Å². The van der Waals surface area contributed by atoms with Crippen molar-refractivity contribution in [2.24, 2.45) is 5.41 Å². The molecule has 0 saturated heterocycles. The normalized spacial score (nSPS) is 25.7. The van der Waals surface area contributed by atoms with E-state index in [1.54, 1.807) is 6.07 Å². The van der Waals surface area contributed by atoms with Gasteiger partial charge in [0.2, 0.25) is 11.6 Å². The Balaban J connectivity index is 1.67. The van der Waals surface area contributed by atoms with Crippen molar-refractivity contribution >= 4 is 5.91 Å². The second kappa shape index (κ2) is 7.20. The molecule has 8 nitrogen and oxygen atoms in total. The van der Waals surface area contributed by atoms with E-state index in [-0.39, 0.29) is 18.9 Å². The molecule has 0 spiro atoms. The van der Waals surface area contributed by atoms with Crippen LogP contribution in [0, 0.1) is 12.3 Å². The summed E-state index contributed by atoms with van der Waals surface area (Å²) in [5.74, 6) is 0.175. The maximum atomic E-state index is 12.1. The van der Waals surface area contributed by atoms with Crippen LogP contribution in [0.5, 0.6) is 5.88 Å². The molecule has 1 aliphatic rings. The average molecular weight is 347 g/mol. The summed E-state index contributed by atoms with van der Waals surface area (Å²) in [6.07, 6.45) is 0.320. The number of carbonyl (C=O) groups is 1. The molecule has 0 radical (unpaired) electrons. The van der Waals surface area contributed by atoms with Crippen molar-refractivity contribution in [2.45, 2.75) is 32.0 Å². The second-order valence-corrected chi connectivity index (χ2v) is 6.51. The molecule has 2 heterocycles. The smallest absolute Gasteiger partial charge is 0.289 e. The largest absolute Gasteiger partial charge is 0.477 e. The number of aromatic nitrogens is 2. The minimum Gasteiger partial charge on any atom is -0.477 e. The number of hydrogen-bond donors (Lipinski definition) is 3. The summed E-state index contributed by atoms with van der Waals surface area (Å²) in [7, 11) is 0. The molecule has 2 aromatic heterocycles. The maximum absolute atomic E-state index is 12.1. The fourth-order valence-corrected chi connectivity index (χ4v) is 3.07. The van der Waals surface area contributed by atoms with Gasteiger partial charge in [-0.3, -0.25) is 4.79 Å². The van der Waals surface area contributed by atoms with Crippen molar-refractivity contribution in [3.63, 3.8) is 0 Å². The lowest BCUT2D eigenvalue weighted by Crippen LogP contribution is -2.40. The summed E-state index contributed by atoms with van der Waals surface area (Å²) in [6.45, 7) is 2.31. The molecule has 1 amide bonds. The van der Waals surface area contributed by atoms with Gasteiger partial charge < -0.3 is 24.8 Å². The Kier molecular flexibility index (Phi) is 5.00. The number of rotatable bonds is 6. The standard InChI is InChI=1S/C17H21N3O5/c1-11-3-2-4-15(20-11)24-10-17(7-12(21)13(22)8-17)9-18-16(23)14-5-6-19-25-14/h2-6,12-13,21-22H,7-10H2,1H3,(H,18,23). The Morgan fingerprint density at radius 2 is 2.12 bits per heavy atom. The van der Waals surface area contributed by atoms with Gasteiger partial charge in [-0.05, 0) is 25.8 Å². The van der Waals surface area contributed by atoms with Crippen molar-refractivity contribution in [2.75, 3.05) is 13.2 Å².